The molecule has 4 heteroatoms. The first kappa shape index (κ1) is 33.6. The van der Waals surface area contributed by atoms with Crippen molar-refractivity contribution in [3.8, 4) is 33.7 Å². The third-order valence-corrected chi connectivity index (χ3v) is 12.5. The summed E-state index contributed by atoms with van der Waals surface area (Å²) in [6.07, 6.45) is 8.67. The summed E-state index contributed by atoms with van der Waals surface area (Å²) < 4.78 is 15.7. The van der Waals surface area contributed by atoms with E-state index in [0.717, 1.165) is 83.4 Å². The minimum absolute atomic E-state index is 0.0429. The largest absolute Gasteiger partial charge is 0.484 e. The molecule has 12 rings (SSSR count). The van der Waals surface area contributed by atoms with Crippen LogP contribution in [0.25, 0.3) is 71.7 Å². The highest BCUT2D eigenvalue weighted by Gasteiger charge is 2.44. The minimum atomic E-state index is -0.218. The quantitative estimate of drug-likeness (QED) is 0.169. The van der Waals surface area contributed by atoms with E-state index < -0.39 is 0 Å². The maximum Gasteiger partial charge on any atom is 0.143 e. The van der Waals surface area contributed by atoms with E-state index in [-0.39, 0.29) is 11.5 Å². The molecule has 0 fully saturated rings. The van der Waals surface area contributed by atoms with Gasteiger partial charge in [-0.1, -0.05) is 133 Å². The van der Waals surface area contributed by atoms with Gasteiger partial charge in [-0.3, -0.25) is 0 Å². The topological polar surface area (TPSA) is 30.5 Å². The number of para-hydroxylation sites is 3. The van der Waals surface area contributed by atoms with Gasteiger partial charge >= 0.3 is 0 Å². The number of anilines is 3. The number of ether oxygens (including phenoxy) is 1. The highest BCUT2D eigenvalue weighted by molar-refractivity contribution is 6.14. The van der Waals surface area contributed by atoms with Crippen LogP contribution in [0.3, 0.4) is 0 Å². The van der Waals surface area contributed by atoms with Crippen LogP contribution in [0.5, 0.6) is 5.75 Å². The first-order valence-corrected chi connectivity index (χ1v) is 20.3. The Morgan fingerprint density at radius 3 is 2.02 bits per heavy atom. The number of fused-ring (bicyclic) bond motifs is 10. The van der Waals surface area contributed by atoms with Crippen molar-refractivity contribution >= 4 is 60.8 Å². The number of furan rings is 1. The molecule has 0 saturated heterocycles. The Balaban J connectivity index is 1.04. The number of aromatic nitrogens is 1. The molecule has 3 heterocycles. The number of benzene rings is 8. The molecule has 2 aliphatic rings. The van der Waals surface area contributed by atoms with E-state index in [9.17, 15) is 0 Å². The fourth-order valence-electron chi connectivity index (χ4n) is 9.50. The molecule has 2 unspecified atom stereocenters. The second-order valence-electron chi connectivity index (χ2n) is 15.8. The van der Waals surface area contributed by atoms with E-state index in [0.29, 0.717) is 0 Å². The molecule has 59 heavy (non-hydrogen) atoms. The summed E-state index contributed by atoms with van der Waals surface area (Å²) in [7, 11) is 0. The molecule has 0 radical (unpaired) electrons. The van der Waals surface area contributed by atoms with Gasteiger partial charge in [-0.2, -0.15) is 0 Å². The Morgan fingerprint density at radius 1 is 0.542 bits per heavy atom. The van der Waals surface area contributed by atoms with Gasteiger partial charge in [-0.05, 0) is 96.4 Å². The van der Waals surface area contributed by atoms with Crippen molar-refractivity contribution in [1.82, 2.24) is 4.57 Å². The van der Waals surface area contributed by atoms with Gasteiger partial charge in [0.1, 0.15) is 23.0 Å². The van der Waals surface area contributed by atoms with Gasteiger partial charge in [0, 0.05) is 50.0 Å². The summed E-state index contributed by atoms with van der Waals surface area (Å²) in [6.45, 7) is 2.28. The summed E-state index contributed by atoms with van der Waals surface area (Å²) >= 11 is 0. The molecule has 8 aromatic carbocycles. The average Bonchev–Trinajstić information content (AvgIpc) is 3.94. The predicted molar refractivity (Wildman–Crippen MR) is 244 cm³/mol. The Labute approximate surface area is 342 Å². The lowest BCUT2D eigenvalue weighted by Gasteiger charge is -2.26. The van der Waals surface area contributed by atoms with Crippen LogP contribution in [0.1, 0.15) is 12.5 Å². The Morgan fingerprint density at radius 2 is 1.22 bits per heavy atom. The van der Waals surface area contributed by atoms with E-state index in [1.807, 2.05) is 12.1 Å². The zero-order valence-corrected chi connectivity index (χ0v) is 32.4. The number of hydrogen-bond acceptors (Lipinski definition) is 3. The SMILES string of the molecule is CC12C=CC=CC1Oc1c2ccc2c1c1ccc(N(c3ccc(-c4ccccc4)cc3)c3ccc(-c4cccc5c4oc4ccccc45)cc3)cc1n2-c1ccccc1. The van der Waals surface area contributed by atoms with Crippen molar-refractivity contribution < 1.29 is 9.15 Å². The van der Waals surface area contributed by atoms with Crippen LogP contribution >= 0.6 is 0 Å². The van der Waals surface area contributed by atoms with Crippen LogP contribution in [0, 0.1) is 0 Å². The molecule has 0 bridgehead atoms. The van der Waals surface area contributed by atoms with Crippen LogP contribution in [0.2, 0.25) is 0 Å². The standard InChI is InChI=1S/C55H38N2O2/c1-55-34-11-10-21-51(55)59-54-47(55)32-33-48-52(54)46-31-30-42(35-49(46)57(48)39-15-6-3-7-16-39)56(40-26-22-37(23-27-40)36-13-4-2-5-14-36)41-28-24-38(25-29-41)43-18-12-19-45-44-17-8-9-20-50(44)58-53(43)45/h2-35,51H,1H3. The maximum atomic E-state index is 6.87. The molecule has 10 aromatic rings. The third kappa shape index (κ3) is 5.16. The first-order valence-electron chi connectivity index (χ1n) is 20.3. The number of rotatable bonds is 6. The van der Waals surface area contributed by atoms with Crippen molar-refractivity contribution in [2.75, 3.05) is 4.90 Å². The van der Waals surface area contributed by atoms with E-state index in [4.69, 9.17) is 9.15 Å². The summed E-state index contributed by atoms with van der Waals surface area (Å²) in [5, 5.41) is 4.56. The van der Waals surface area contributed by atoms with Crippen LogP contribution in [-0.4, -0.2) is 10.7 Å². The van der Waals surface area contributed by atoms with E-state index in [1.54, 1.807) is 0 Å². The first-order chi connectivity index (χ1) is 29.1. The van der Waals surface area contributed by atoms with Gasteiger partial charge in [0.2, 0.25) is 0 Å². The second kappa shape index (κ2) is 13.0. The van der Waals surface area contributed by atoms with Gasteiger partial charge in [0.15, 0.2) is 0 Å². The molecule has 0 N–H and O–H groups in total. The van der Waals surface area contributed by atoms with Gasteiger partial charge in [-0.15, -0.1) is 0 Å². The molecule has 2 atom stereocenters. The minimum Gasteiger partial charge on any atom is -0.484 e. The van der Waals surface area contributed by atoms with Crippen molar-refractivity contribution in [3.05, 3.63) is 212 Å². The lowest BCUT2D eigenvalue weighted by atomic mass is 9.76. The molecule has 280 valence electrons. The normalized spacial score (nSPS) is 16.8. The molecule has 4 nitrogen and oxygen atoms in total. The number of hydrogen-bond donors (Lipinski definition) is 0. The van der Waals surface area contributed by atoms with Gasteiger partial charge < -0.3 is 18.6 Å². The predicted octanol–water partition coefficient (Wildman–Crippen LogP) is 14.6. The fraction of sp³-hybridized carbons (Fsp3) is 0.0545. The van der Waals surface area contributed by atoms with E-state index >= 15 is 0 Å². The van der Waals surface area contributed by atoms with Crippen LogP contribution < -0.4 is 9.64 Å². The fourth-order valence-corrected chi connectivity index (χ4v) is 9.50. The van der Waals surface area contributed by atoms with Gasteiger partial charge in [0.25, 0.3) is 0 Å². The third-order valence-electron chi connectivity index (χ3n) is 12.5. The van der Waals surface area contributed by atoms with Crippen molar-refractivity contribution in [2.24, 2.45) is 0 Å². The molecule has 0 saturated carbocycles. The van der Waals surface area contributed by atoms with Crippen LogP contribution in [-0.2, 0) is 5.41 Å². The zero-order valence-electron chi connectivity index (χ0n) is 32.4. The summed E-state index contributed by atoms with van der Waals surface area (Å²) in [5.41, 5.74) is 13.9. The van der Waals surface area contributed by atoms with Gasteiger partial charge in [0.05, 0.1) is 21.8 Å². The lowest BCUT2D eigenvalue weighted by Crippen LogP contribution is -2.32. The Kier molecular flexibility index (Phi) is 7.39. The van der Waals surface area contributed by atoms with E-state index in [1.165, 1.54) is 16.7 Å². The molecular formula is C55H38N2O2. The Bertz CT molecular complexity index is 3300. The molecule has 0 amide bonds. The van der Waals surface area contributed by atoms with Crippen molar-refractivity contribution in [2.45, 2.75) is 18.4 Å². The second-order valence-corrected chi connectivity index (χ2v) is 15.8. The summed E-state index contributed by atoms with van der Waals surface area (Å²) in [5.74, 6) is 0.974. The van der Waals surface area contributed by atoms with E-state index in [2.05, 4.69) is 211 Å². The number of allylic oxidation sites excluding steroid dienone is 2. The molecule has 2 aromatic heterocycles. The molecule has 0 spiro atoms. The van der Waals surface area contributed by atoms with Crippen molar-refractivity contribution in [3.63, 3.8) is 0 Å². The monoisotopic (exact) mass is 758 g/mol. The van der Waals surface area contributed by atoms with Gasteiger partial charge in [-0.25, -0.2) is 0 Å². The number of nitrogens with zero attached hydrogens (tertiary/aromatic N) is 2. The highest BCUT2D eigenvalue weighted by atomic mass is 16.5. The summed E-state index contributed by atoms with van der Waals surface area (Å²) in [6, 6.07) is 65.1. The highest BCUT2D eigenvalue weighted by Crippen LogP contribution is 2.52. The maximum absolute atomic E-state index is 6.87. The van der Waals surface area contributed by atoms with Crippen LogP contribution in [0.15, 0.2) is 211 Å². The lowest BCUT2D eigenvalue weighted by molar-refractivity contribution is 0.230. The molecular weight excluding hydrogens is 721 g/mol. The van der Waals surface area contributed by atoms with Crippen molar-refractivity contribution in [1.29, 1.82) is 0 Å². The summed E-state index contributed by atoms with van der Waals surface area (Å²) in [4.78, 5) is 2.36. The average molecular weight is 759 g/mol. The Hall–Kier alpha value is -7.56. The molecule has 1 aliphatic heterocycles. The molecule has 1 aliphatic carbocycles. The zero-order chi connectivity index (χ0) is 39.1. The van der Waals surface area contributed by atoms with Crippen LogP contribution in [0.4, 0.5) is 17.1 Å². The smallest absolute Gasteiger partial charge is 0.143 e.